The standard InChI is InChI=1S/C21H19N3O2/c25-19-16-7-3-2-6-15(16)18(23-24-19)20(26)22-12-14-11-21(14)10-9-13-5-1-4-8-17(13)21/h1-8,14H,9-12H2,(H,22,26)(H,24,25)/t14-,21-/m0/s1. The minimum atomic E-state index is -0.277. The maximum absolute atomic E-state index is 12.7. The van der Waals surface area contributed by atoms with Crippen molar-refractivity contribution in [3.05, 3.63) is 75.7 Å². The predicted molar refractivity (Wildman–Crippen MR) is 99.2 cm³/mol. The van der Waals surface area contributed by atoms with E-state index in [2.05, 4.69) is 39.8 Å². The van der Waals surface area contributed by atoms with Crippen LogP contribution in [0.2, 0.25) is 0 Å². The Labute approximate surface area is 150 Å². The molecule has 0 bridgehead atoms. The van der Waals surface area contributed by atoms with Crippen LogP contribution < -0.4 is 10.9 Å². The van der Waals surface area contributed by atoms with Crippen molar-refractivity contribution in [3.8, 4) is 0 Å². The topological polar surface area (TPSA) is 74.8 Å². The molecule has 2 aliphatic carbocycles. The van der Waals surface area contributed by atoms with Crippen LogP contribution in [-0.4, -0.2) is 22.6 Å². The molecule has 2 aliphatic rings. The van der Waals surface area contributed by atoms with Crippen molar-refractivity contribution in [2.75, 3.05) is 6.54 Å². The smallest absolute Gasteiger partial charge is 0.272 e. The molecule has 0 radical (unpaired) electrons. The summed E-state index contributed by atoms with van der Waals surface area (Å²) in [5.74, 6) is 0.245. The van der Waals surface area contributed by atoms with Gasteiger partial charge in [0.1, 0.15) is 0 Å². The monoisotopic (exact) mass is 345 g/mol. The average Bonchev–Trinajstić information content (AvgIpc) is 3.26. The van der Waals surface area contributed by atoms with E-state index >= 15 is 0 Å². The van der Waals surface area contributed by atoms with Crippen LogP contribution in [0.5, 0.6) is 0 Å². The molecule has 5 rings (SSSR count). The van der Waals surface area contributed by atoms with E-state index in [-0.39, 0.29) is 22.6 Å². The van der Waals surface area contributed by atoms with Crippen molar-refractivity contribution in [2.24, 2.45) is 5.92 Å². The number of hydrogen-bond donors (Lipinski definition) is 2. The molecule has 5 nitrogen and oxygen atoms in total. The van der Waals surface area contributed by atoms with E-state index in [4.69, 9.17) is 0 Å². The number of aryl methyl sites for hydroxylation is 1. The molecule has 26 heavy (non-hydrogen) atoms. The van der Waals surface area contributed by atoms with Crippen LogP contribution in [-0.2, 0) is 11.8 Å². The zero-order valence-corrected chi connectivity index (χ0v) is 14.3. The Hall–Kier alpha value is -2.95. The quantitative estimate of drug-likeness (QED) is 0.766. The average molecular weight is 345 g/mol. The zero-order valence-electron chi connectivity index (χ0n) is 14.3. The molecule has 1 fully saturated rings. The number of aromatic amines is 1. The number of amides is 1. The van der Waals surface area contributed by atoms with Gasteiger partial charge in [0.2, 0.25) is 0 Å². The number of carbonyl (C=O) groups is 1. The number of nitrogens with zero attached hydrogens (tertiary/aromatic N) is 1. The predicted octanol–water partition coefficient (Wildman–Crippen LogP) is 2.56. The highest BCUT2D eigenvalue weighted by Crippen LogP contribution is 2.61. The first-order chi connectivity index (χ1) is 12.7. The van der Waals surface area contributed by atoms with Crippen LogP contribution in [0, 0.1) is 5.92 Å². The van der Waals surface area contributed by atoms with Gasteiger partial charge in [-0.15, -0.1) is 0 Å². The number of H-pyrrole nitrogens is 1. The van der Waals surface area contributed by atoms with E-state index in [1.54, 1.807) is 18.2 Å². The third-order valence-corrected chi connectivity index (χ3v) is 6.05. The summed E-state index contributed by atoms with van der Waals surface area (Å²) in [6.07, 6.45) is 3.43. The molecular weight excluding hydrogens is 326 g/mol. The largest absolute Gasteiger partial charge is 0.350 e. The Morgan fingerprint density at radius 3 is 2.81 bits per heavy atom. The van der Waals surface area contributed by atoms with Gasteiger partial charge in [-0.3, -0.25) is 9.59 Å². The van der Waals surface area contributed by atoms with Crippen LogP contribution in [0.1, 0.15) is 34.5 Å². The van der Waals surface area contributed by atoms with Crippen molar-refractivity contribution >= 4 is 16.7 Å². The Bertz CT molecular complexity index is 1090. The van der Waals surface area contributed by atoms with Gasteiger partial charge < -0.3 is 5.32 Å². The van der Waals surface area contributed by atoms with Gasteiger partial charge in [0, 0.05) is 17.3 Å². The normalized spacial score (nSPS) is 23.2. The number of carbonyl (C=O) groups excluding carboxylic acids is 1. The molecule has 1 saturated carbocycles. The van der Waals surface area contributed by atoms with Gasteiger partial charge in [0.05, 0.1) is 5.39 Å². The highest BCUT2D eigenvalue weighted by atomic mass is 16.2. The van der Waals surface area contributed by atoms with Crippen LogP contribution in [0.4, 0.5) is 0 Å². The highest BCUT2D eigenvalue weighted by Gasteiger charge is 2.57. The number of benzene rings is 2. The number of hydrogen-bond acceptors (Lipinski definition) is 3. The molecular formula is C21H19N3O2. The number of nitrogens with one attached hydrogen (secondary N) is 2. The Morgan fingerprint density at radius 1 is 1.15 bits per heavy atom. The first kappa shape index (κ1) is 15.3. The van der Waals surface area contributed by atoms with Gasteiger partial charge in [-0.25, -0.2) is 5.10 Å². The molecule has 0 unspecified atom stereocenters. The molecule has 1 spiro atoms. The fourth-order valence-corrected chi connectivity index (χ4v) is 4.59. The summed E-state index contributed by atoms with van der Waals surface area (Å²) < 4.78 is 0. The summed E-state index contributed by atoms with van der Waals surface area (Å²) >= 11 is 0. The van der Waals surface area contributed by atoms with Crippen molar-refractivity contribution < 1.29 is 4.79 Å². The third kappa shape index (κ3) is 2.20. The van der Waals surface area contributed by atoms with Gasteiger partial charge in [-0.2, -0.15) is 5.10 Å². The SMILES string of the molecule is O=C(NC[C@@H]1C[C@@]12CCc1ccccc12)c1n[nH]c(=O)c2ccccc12. The molecule has 5 heteroatoms. The second kappa shape index (κ2) is 5.53. The highest BCUT2D eigenvalue weighted by molar-refractivity contribution is 6.04. The molecule has 3 aromatic rings. The molecule has 0 aliphatic heterocycles. The fraction of sp³-hybridized carbons (Fsp3) is 0.286. The van der Waals surface area contributed by atoms with Gasteiger partial charge in [0.25, 0.3) is 11.5 Å². The number of fused-ring (bicyclic) bond motifs is 3. The van der Waals surface area contributed by atoms with Crippen molar-refractivity contribution in [1.29, 1.82) is 0 Å². The lowest BCUT2D eigenvalue weighted by atomic mass is 9.95. The van der Waals surface area contributed by atoms with Gasteiger partial charge in [0.15, 0.2) is 5.69 Å². The lowest BCUT2D eigenvalue weighted by Gasteiger charge is -2.12. The van der Waals surface area contributed by atoms with Crippen LogP contribution in [0.3, 0.4) is 0 Å². The van der Waals surface area contributed by atoms with E-state index in [0.717, 1.165) is 12.8 Å². The Kier molecular flexibility index (Phi) is 3.26. The van der Waals surface area contributed by atoms with Crippen LogP contribution in [0.15, 0.2) is 53.3 Å². The molecule has 2 aromatic carbocycles. The molecule has 1 heterocycles. The number of aromatic nitrogens is 2. The van der Waals surface area contributed by atoms with Crippen LogP contribution >= 0.6 is 0 Å². The second-order valence-electron chi connectivity index (χ2n) is 7.37. The molecule has 130 valence electrons. The molecule has 1 aromatic heterocycles. The van der Waals surface area contributed by atoms with Crippen molar-refractivity contribution in [2.45, 2.75) is 24.7 Å². The lowest BCUT2D eigenvalue weighted by molar-refractivity contribution is 0.0946. The molecule has 0 saturated heterocycles. The van der Waals surface area contributed by atoms with E-state index < -0.39 is 0 Å². The first-order valence-corrected chi connectivity index (χ1v) is 9.03. The molecule has 2 atom stereocenters. The summed E-state index contributed by atoms with van der Waals surface area (Å²) in [4.78, 5) is 24.5. The second-order valence-corrected chi connectivity index (χ2v) is 7.37. The fourth-order valence-electron chi connectivity index (χ4n) is 4.59. The Balaban J connectivity index is 1.35. The van der Waals surface area contributed by atoms with Gasteiger partial charge in [-0.1, -0.05) is 42.5 Å². The van der Waals surface area contributed by atoms with Crippen molar-refractivity contribution in [1.82, 2.24) is 15.5 Å². The summed E-state index contributed by atoms with van der Waals surface area (Å²) in [5.41, 5.74) is 3.17. The van der Waals surface area contributed by atoms with E-state index in [1.165, 1.54) is 17.5 Å². The van der Waals surface area contributed by atoms with Crippen molar-refractivity contribution in [3.63, 3.8) is 0 Å². The Morgan fingerprint density at radius 2 is 1.92 bits per heavy atom. The minimum absolute atomic E-state index is 0.231. The molecule has 2 N–H and O–H groups in total. The van der Waals surface area contributed by atoms with Gasteiger partial charge >= 0.3 is 0 Å². The summed E-state index contributed by atoms with van der Waals surface area (Å²) in [6, 6.07) is 15.7. The minimum Gasteiger partial charge on any atom is -0.350 e. The lowest BCUT2D eigenvalue weighted by Crippen LogP contribution is -2.29. The summed E-state index contributed by atoms with van der Waals surface area (Å²) in [7, 11) is 0. The maximum Gasteiger partial charge on any atom is 0.272 e. The van der Waals surface area contributed by atoms with Crippen LogP contribution in [0.25, 0.3) is 10.8 Å². The van der Waals surface area contributed by atoms with E-state index in [0.29, 0.717) is 23.2 Å². The van der Waals surface area contributed by atoms with E-state index in [9.17, 15) is 9.59 Å². The zero-order chi connectivity index (χ0) is 17.7. The van der Waals surface area contributed by atoms with E-state index in [1.807, 2.05) is 6.07 Å². The van der Waals surface area contributed by atoms with Gasteiger partial charge in [-0.05, 0) is 42.4 Å². The first-order valence-electron chi connectivity index (χ1n) is 9.03. The third-order valence-electron chi connectivity index (χ3n) is 6.05. The summed E-state index contributed by atoms with van der Waals surface area (Å²) in [5, 5.41) is 10.5. The summed E-state index contributed by atoms with van der Waals surface area (Å²) in [6.45, 7) is 0.641. The molecule has 1 amide bonds. The maximum atomic E-state index is 12.7. The number of rotatable bonds is 3.